The summed E-state index contributed by atoms with van der Waals surface area (Å²) in [6.07, 6.45) is 2.76. The number of anilines is 2. The minimum Gasteiger partial charge on any atom is -0.377 e. The molecule has 0 aliphatic heterocycles. The van der Waals surface area contributed by atoms with E-state index in [2.05, 4.69) is 20.2 Å². The summed E-state index contributed by atoms with van der Waals surface area (Å²) in [6, 6.07) is 6.95. The van der Waals surface area contributed by atoms with E-state index >= 15 is 0 Å². The van der Waals surface area contributed by atoms with Crippen molar-refractivity contribution in [2.45, 2.75) is 13.0 Å². The lowest BCUT2D eigenvalue weighted by Gasteiger charge is -2.15. The van der Waals surface area contributed by atoms with Gasteiger partial charge in [0.2, 0.25) is 10.0 Å². The molecule has 0 saturated heterocycles. The zero-order valence-corrected chi connectivity index (χ0v) is 12.6. The molecule has 0 saturated carbocycles. The second-order valence-corrected chi connectivity index (χ2v) is 6.60. The Labute approximate surface area is 122 Å². The quantitative estimate of drug-likeness (QED) is 0.791. The maximum Gasteiger partial charge on any atom is 0.229 e. The second kappa shape index (κ2) is 5.72. The lowest BCUT2D eigenvalue weighted by Crippen LogP contribution is -2.10. The number of halogens is 1. The number of sulfonamides is 1. The van der Waals surface area contributed by atoms with Crippen LogP contribution in [0.15, 0.2) is 30.5 Å². The Morgan fingerprint density at radius 2 is 2.10 bits per heavy atom. The van der Waals surface area contributed by atoms with Crippen LogP contribution in [0.25, 0.3) is 0 Å². The van der Waals surface area contributed by atoms with Crippen LogP contribution >= 0.6 is 11.6 Å². The van der Waals surface area contributed by atoms with Gasteiger partial charge in [0, 0.05) is 11.9 Å². The lowest BCUT2D eigenvalue weighted by atomic mass is 10.2. The molecule has 1 aromatic heterocycles. The van der Waals surface area contributed by atoms with Gasteiger partial charge in [-0.2, -0.15) is 5.10 Å². The van der Waals surface area contributed by atoms with Crippen molar-refractivity contribution >= 4 is 33.0 Å². The first kappa shape index (κ1) is 14.7. The Morgan fingerprint density at radius 1 is 1.35 bits per heavy atom. The smallest absolute Gasteiger partial charge is 0.229 e. The molecule has 2 rings (SSSR count). The van der Waals surface area contributed by atoms with E-state index in [1.165, 1.54) is 0 Å². The van der Waals surface area contributed by atoms with Gasteiger partial charge in [-0.1, -0.05) is 11.6 Å². The zero-order chi connectivity index (χ0) is 14.8. The topological polar surface area (TPSA) is 86.9 Å². The van der Waals surface area contributed by atoms with E-state index < -0.39 is 10.0 Å². The van der Waals surface area contributed by atoms with Gasteiger partial charge in [0.15, 0.2) is 0 Å². The highest BCUT2D eigenvalue weighted by Gasteiger charge is 2.10. The number of H-pyrrole nitrogens is 1. The predicted octanol–water partition coefficient (Wildman–Crippen LogP) is 2.61. The maximum atomic E-state index is 11.2. The van der Waals surface area contributed by atoms with Gasteiger partial charge in [-0.05, 0) is 31.2 Å². The average Bonchev–Trinajstić information content (AvgIpc) is 2.85. The molecule has 108 valence electrons. The molecule has 6 nitrogen and oxygen atoms in total. The Balaban J connectivity index is 2.13. The highest BCUT2D eigenvalue weighted by molar-refractivity contribution is 7.92. The summed E-state index contributed by atoms with van der Waals surface area (Å²) in [7, 11) is -3.34. The minimum atomic E-state index is -3.34. The van der Waals surface area contributed by atoms with Crippen molar-refractivity contribution in [2.24, 2.45) is 0 Å². The third-order valence-corrected chi connectivity index (χ3v) is 3.54. The van der Waals surface area contributed by atoms with Gasteiger partial charge in [0.1, 0.15) is 0 Å². The monoisotopic (exact) mass is 314 g/mol. The van der Waals surface area contributed by atoms with Crippen molar-refractivity contribution in [3.63, 3.8) is 0 Å². The molecule has 0 aliphatic carbocycles. The number of nitrogens with zero attached hydrogens (tertiary/aromatic N) is 1. The van der Waals surface area contributed by atoms with E-state index in [4.69, 9.17) is 11.6 Å². The van der Waals surface area contributed by atoms with E-state index in [9.17, 15) is 8.42 Å². The number of aromatic amines is 1. The van der Waals surface area contributed by atoms with Crippen LogP contribution in [0.1, 0.15) is 18.7 Å². The molecule has 2 aromatic rings. The van der Waals surface area contributed by atoms with Gasteiger partial charge in [0.25, 0.3) is 0 Å². The second-order valence-electron chi connectivity index (χ2n) is 4.45. The minimum absolute atomic E-state index is 0.0299. The van der Waals surface area contributed by atoms with Crippen LogP contribution in [0.5, 0.6) is 0 Å². The van der Waals surface area contributed by atoms with Crippen LogP contribution in [0, 0.1) is 0 Å². The molecular formula is C12H15ClN4O2S. The molecule has 0 spiro atoms. The van der Waals surface area contributed by atoms with E-state index in [1.807, 2.05) is 13.0 Å². The summed E-state index contributed by atoms with van der Waals surface area (Å²) in [4.78, 5) is 0. The molecule has 1 atom stereocenters. The standard InChI is InChI=1S/C12H15ClN4O2S/c1-8(11-5-6-14-16-11)15-9-3-4-12(10(13)7-9)17-20(2,18)19/h3-8,15,17H,1-2H3,(H,14,16). The fraction of sp³-hybridized carbons (Fsp3) is 0.250. The van der Waals surface area contributed by atoms with Gasteiger partial charge < -0.3 is 5.32 Å². The van der Waals surface area contributed by atoms with Crippen molar-refractivity contribution in [1.82, 2.24) is 10.2 Å². The Bertz CT molecular complexity index is 685. The molecule has 1 unspecified atom stereocenters. The van der Waals surface area contributed by atoms with Gasteiger partial charge in [0.05, 0.1) is 28.7 Å². The lowest BCUT2D eigenvalue weighted by molar-refractivity contribution is 0.607. The molecule has 0 fully saturated rings. The van der Waals surface area contributed by atoms with Crippen molar-refractivity contribution in [2.75, 3.05) is 16.3 Å². The normalized spacial score (nSPS) is 12.9. The molecule has 1 aromatic carbocycles. The highest BCUT2D eigenvalue weighted by Crippen LogP contribution is 2.28. The predicted molar refractivity (Wildman–Crippen MR) is 80.5 cm³/mol. The third kappa shape index (κ3) is 3.88. The van der Waals surface area contributed by atoms with Crippen molar-refractivity contribution in [3.8, 4) is 0 Å². The Morgan fingerprint density at radius 3 is 2.65 bits per heavy atom. The highest BCUT2D eigenvalue weighted by atomic mass is 35.5. The van der Waals surface area contributed by atoms with Gasteiger partial charge >= 0.3 is 0 Å². The summed E-state index contributed by atoms with van der Waals surface area (Å²) in [5.74, 6) is 0. The first-order valence-corrected chi connectivity index (χ1v) is 8.15. The number of aromatic nitrogens is 2. The summed E-state index contributed by atoms with van der Waals surface area (Å²) in [6.45, 7) is 1.98. The van der Waals surface area contributed by atoms with Crippen molar-refractivity contribution in [1.29, 1.82) is 0 Å². The number of hydrogen-bond donors (Lipinski definition) is 3. The van der Waals surface area contributed by atoms with Crippen molar-refractivity contribution in [3.05, 3.63) is 41.2 Å². The SMILES string of the molecule is CC(Nc1ccc(NS(C)(=O)=O)c(Cl)c1)c1ccn[nH]1. The summed E-state index contributed by atoms with van der Waals surface area (Å²) in [5.41, 5.74) is 2.09. The van der Waals surface area contributed by atoms with Crippen LogP contribution in [0.2, 0.25) is 5.02 Å². The third-order valence-electron chi connectivity index (χ3n) is 2.64. The number of hydrogen-bond acceptors (Lipinski definition) is 4. The number of benzene rings is 1. The largest absolute Gasteiger partial charge is 0.377 e. The number of rotatable bonds is 5. The van der Waals surface area contributed by atoms with Crippen LogP contribution in [0.4, 0.5) is 11.4 Å². The summed E-state index contributed by atoms with van der Waals surface area (Å²) >= 11 is 6.06. The molecule has 1 heterocycles. The van der Waals surface area contributed by atoms with Gasteiger partial charge in [-0.15, -0.1) is 0 Å². The fourth-order valence-electron chi connectivity index (χ4n) is 1.72. The van der Waals surface area contributed by atoms with E-state index in [0.29, 0.717) is 10.7 Å². The molecule has 20 heavy (non-hydrogen) atoms. The van der Waals surface area contributed by atoms with E-state index in [-0.39, 0.29) is 6.04 Å². The fourth-order valence-corrected chi connectivity index (χ4v) is 2.58. The van der Waals surface area contributed by atoms with Gasteiger partial charge in [-0.25, -0.2) is 8.42 Å². The van der Waals surface area contributed by atoms with Crippen LogP contribution in [-0.2, 0) is 10.0 Å². The van der Waals surface area contributed by atoms with Crippen LogP contribution in [0.3, 0.4) is 0 Å². The molecular weight excluding hydrogens is 300 g/mol. The molecule has 8 heteroatoms. The maximum absolute atomic E-state index is 11.2. The molecule has 0 radical (unpaired) electrons. The first-order chi connectivity index (χ1) is 9.35. The Hall–Kier alpha value is -1.73. The molecule has 0 aliphatic rings. The molecule has 0 bridgehead atoms. The average molecular weight is 315 g/mol. The van der Waals surface area contributed by atoms with Gasteiger partial charge in [-0.3, -0.25) is 9.82 Å². The zero-order valence-electron chi connectivity index (χ0n) is 11.0. The van der Waals surface area contributed by atoms with Crippen LogP contribution < -0.4 is 10.0 Å². The number of nitrogens with one attached hydrogen (secondary N) is 3. The van der Waals surface area contributed by atoms with E-state index in [1.54, 1.807) is 24.4 Å². The van der Waals surface area contributed by atoms with Crippen molar-refractivity contribution < 1.29 is 8.42 Å². The van der Waals surface area contributed by atoms with E-state index in [0.717, 1.165) is 17.6 Å². The summed E-state index contributed by atoms with van der Waals surface area (Å²) in [5, 5.41) is 10.3. The molecule has 0 amide bonds. The first-order valence-electron chi connectivity index (χ1n) is 5.88. The van der Waals surface area contributed by atoms with Crippen LogP contribution in [-0.4, -0.2) is 24.9 Å². The Kier molecular flexibility index (Phi) is 4.20. The molecule has 3 N–H and O–H groups in total. The summed E-state index contributed by atoms with van der Waals surface area (Å²) < 4.78 is 24.7.